The molecular formula is C36H23NS4. The maximum absolute atomic E-state index is 2.51. The lowest BCUT2D eigenvalue weighted by Crippen LogP contribution is -1.93. The van der Waals surface area contributed by atoms with Crippen LogP contribution >= 0.6 is 45.3 Å². The van der Waals surface area contributed by atoms with Crippen molar-refractivity contribution in [1.29, 1.82) is 0 Å². The van der Waals surface area contributed by atoms with Gasteiger partial charge in [-0.05, 0) is 90.2 Å². The van der Waals surface area contributed by atoms with E-state index in [1.165, 1.54) is 92.9 Å². The van der Waals surface area contributed by atoms with E-state index in [1.807, 2.05) is 45.3 Å². The van der Waals surface area contributed by atoms with E-state index >= 15 is 0 Å². The second kappa shape index (κ2) is 7.87. The smallest absolute Gasteiger partial charge is 0.0829 e. The van der Waals surface area contributed by atoms with Gasteiger partial charge in [-0.25, -0.2) is 0 Å². The first-order valence-corrected chi connectivity index (χ1v) is 17.2. The monoisotopic (exact) mass is 597 g/mol. The van der Waals surface area contributed by atoms with Gasteiger partial charge in [-0.3, -0.25) is 0 Å². The highest BCUT2D eigenvalue weighted by Crippen LogP contribution is 2.55. The van der Waals surface area contributed by atoms with Crippen LogP contribution < -0.4 is 0 Å². The Morgan fingerprint density at radius 2 is 1.15 bits per heavy atom. The van der Waals surface area contributed by atoms with Crippen molar-refractivity contribution in [3.63, 3.8) is 0 Å². The Morgan fingerprint density at radius 1 is 0.512 bits per heavy atom. The Morgan fingerprint density at radius 3 is 1.95 bits per heavy atom. The van der Waals surface area contributed by atoms with Crippen LogP contribution in [0.5, 0.6) is 0 Å². The molecule has 9 aromatic rings. The summed E-state index contributed by atoms with van der Waals surface area (Å²) in [6, 6.07) is 27.9. The normalized spacial score (nSPS) is 13.1. The molecule has 5 aromatic heterocycles. The molecular weight excluding hydrogens is 575 g/mol. The Kier molecular flexibility index (Phi) is 4.44. The topological polar surface area (TPSA) is 4.93 Å². The van der Waals surface area contributed by atoms with Crippen molar-refractivity contribution in [2.75, 3.05) is 0 Å². The van der Waals surface area contributed by atoms with Crippen LogP contribution in [0.2, 0.25) is 0 Å². The molecule has 0 bridgehead atoms. The number of hydrogen-bond donors (Lipinski definition) is 0. The highest BCUT2D eigenvalue weighted by molar-refractivity contribution is 7.37. The van der Waals surface area contributed by atoms with E-state index in [2.05, 4.69) is 98.1 Å². The van der Waals surface area contributed by atoms with Crippen LogP contribution in [0, 0.1) is 20.8 Å². The first kappa shape index (κ1) is 23.1. The summed E-state index contributed by atoms with van der Waals surface area (Å²) < 4.78 is 11.0. The molecule has 4 aromatic carbocycles. The fourth-order valence-electron chi connectivity index (χ4n) is 6.86. The molecule has 0 atom stereocenters. The largest absolute Gasteiger partial charge is 0.307 e. The van der Waals surface area contributed by atoms with Crippen molar-refractivity contribution in [1.82, 2.24) is 4.57 Å². The Hall–Kier alpha value is -3.48. The molecule has 0 amide bonds. The highest BCUT2D eigenvalue weighted by Gasteiger charge is 2.29. The number of nitrogens with zero attached hydrogens (tertiary/aromatic N) is 1. The summed E-state index contributed by atoms with van der Waals surface area (Å²) in [5, 5.41) is 5.69. The summed E-state index contributed by atoms with van der Waals surface area (Å²) in [7, 11) is 0. The SMILES string of the molecule is Cc1ccc(-n2c3cc(C)ccc3c3sc4c5cc6sc7c(c6cc5sc4c32)Cc2c-7sc3cc(C)ccc23)cc1. The first-order chi connectivity index (χ1) is 20.0. The van der Waals surface area contributed by atoms with Gasteiger partial charge in [-0.1, -0.05) is 42.0 Å². The molecule has 10 rings (SSSR count). The molecule has 1 aliphatic carbocycles. The zero-order chi connectivity index (χ0) is 27.1. The van der Waals surface area contributed by atoms with E-state index in [4.69, 9.17) is 0 Å². The summed E-state index contributed by atoms with van der Waals surface area (Å²) in [6.07, 6.45) is 1.06. The lowest BCUT2D eigenvalue weighted by atomic mass is 10.1. The maximum Gasteiger partial charge on any atom is 0.0829 e. The van der Waals surface area contributed by atoms with Gasteiger partial charge in [0.05, 0.1) is 25.1 Å². The molecule has 5 heteroatoms. The quantitative estimate of drug-likeness (QED) is 0.177. The van der Waals surface area contributed by atoms with Gasteiger partial charge in [0.2, 0.25) is 0 Å². The standard InChI is InChI=1S/C36H23NS4/c1-17-4-8-20(9-5-17)37-27-12-18(2)7-11-22(27)32-31(37)36-35(41-32)26-16-29-23(15-30(26)40-36)25-14-24-21-10-6-19(3)13-28(21)38-33(24)34(25)39-29/h4-13,15-16H,14H2,1-3H3. The van der Waals surface area contributed by atoms with E-state index in [-0.39, 0.29) is 0 Å². The number of fused-ring (bicyclic) bond motifs is 14. The van der Waals surface area contributed by atoms with Crippen LogP contribution in [0.25, 0.3) is 76.2 Å². The predicted octanol–water partition coefficient (Wildman–Crippen LogP) is 12.1. The minimum absolute atomic E-state index is 1.06. The van der Waals surface area contributed by atoms with Crippen LogP contribution in [-0.2, 0) is 6.42 Å². The van der Waals surface area contributed by atoms with Gasteiger partial charge >= 0.3 is 0 Å². The average molecular weight is 598 g/mol. The fourth-order valence-corrected chi connectivity index (χ4v) is 12.4. The van der Waals surface area contributed by atoms with Crippen LogP contribution in [-0.4, -0.2) is 4.57 Å². The first-order valence-electron chi connectivity index (χ1n) is 14.0. The molecule has 0 saturated heterocycles. The van der Waals surface area contributed by atoms with Crippen molar-refractivity contribution >= 4 is 106 Å². The molecule has 0 saturated carbocycles. The zero-order valence-electron chi connectivity index (χ0n) is 22.7. The molecule has 5 heterocycles. The van der Waals surface area contributed by atoms with Crippen LogP contribution in [0.4, 0.5) is 0 Å². The second-order valence-electron chi connectivity index (χ2n) is 11.6. The third-order valence-corrected chi connectivity index (χ3v) is 13.9. The molecule has 0 aliphatic heterocycles. The van der Waals surface area contributed by atoms with Crippen LogP contribution in [0.1, 0.15) is 27.8 Å². The summed E-state index contributed by atoms with van der Waals surface area (Å²) in [6.45, 7) is 6.56. The number of thiophene rings is 4. The third-order valence-electron chi connectivity index (χ3n) is 8.85. The van der Waals surface area contributed by atoms with E-state index in [0.717, 1.165) is 6.42 Å². The van der Waals surface area contributed by atoms with E-state index in [1.54, 1.807) is 11.1 Å². The van der Waals surface area contributed by atoms with Crippen molar-refractivity contribution in [2.24, 2.45) is 0 Å². The number of aryl methyl sites for hydroxylation is 3. The molecule has 1 nitrogen and oxygen atoms in total. The van der Waals surface area contributed by atoms with E-state index < -0.39 is 0 Å². The lowest BCUT2D eigenvalue weighted by Gasteiger charge is -2.08. The molecule has 1 aliphatic rings. The number of hydrogen-bond acceptors (Lipinski definition) is 4. The molecule has 0 unspecified atom stereocenters. The molecule has 0 fully saturated rings. The second-order valence-corrected chi connectivity index (χ2v) is 15.7. The van der Waals surface area contributed by atoms with E-state index in [9.17, 15) is 0 Å². The Balaban J connectivity index is 1.25. The van der Waals surface area contributed by atoms with Gasteiger partial charge in [0.25, 0.3) is 0 Å². The maximum atomic E-state index is 2.51. The van der Waals surface area contributed by atoms with Crippen molar-refractivity contribution < 1.29 is 0 Å². The summed E-state index contributed by atoms with van der Waals surface area (Å²) in [4.78, 5) is 3.01. The van der Waals surface area contributed by atoms with Gasteiger partial charge in [-0.2, -0.15) is 0 Å². The Labute approximate surface area is 252 Å². The summed E-state index contributed by atoms with van der Waals surface area (Å²) in [5.41, 5.74) is 10.9. The van der Waals surface area contributed by atoms with Gasteiger partial charge in [0.15, 0.2) is 0 Å². The fraction of sp³-hybridized carbons (Fsp3) is 0.111. The number of benzene rings is 4. The van der Waals surface area contributed by atoms with Gasteiger partial charge < -0.3 is 4.57 Å². The minimum Gasteiger partial charge on any atom is -0.307 e. The average Bonchev–Trinajstić information content (AvgIpc) is 3.77. The van der Waals surface area contributed by atoms with Gasteiger partial charge in [0.1, 0.15) is 0 Å². The molecule has 41 heavy (non-hydrogen) atoms. The number of aromatic nitrogens is 1. The van der Waals surface area contributed by atoms with Gasteiger partial charge in [0, 0.05) is 46.7 Å². The van der Waals surface area contributed by atoms with Gasteiger partial charge in [-0.15, -0.1) is 45.3 Å². The Bertz CT molecular complexity index is 2580. The summed E-state index contributed by atoms with van der Waals surface area (Å²) >= 11 is 7.95. The predicted molar refractivity (Wildman–Crippen MR) is 185 cm³/mol. The zero-order valence-corrected chi connectivity index (χ0v) is 26.0. The molecule has 0 N–H and O–H groups in total. The van der Waals surface area contributed by atoms with Crippen LogP contribution in [0.15, 0.2) is 72.8 Å². The third kappa shape index (κ3) is 3.00. The highest BCUT2D eigenvalue weighted by atomic mass is 32.1. The lowest BCUT2D eigenvalue weighted by molar-refractivity contribution is 1.18. The molecule has 196 valence electrons. The summed E-state index contributed by atoms with van der Waals surface area (Å²) in [5.74, 6) is 0. The number of rotatable bonds is 1. The van der Waals surface area contributed by atoms with E-state index in [0.29, 0.717) is 0 Å². The van der Waals surface area contributed by atoms with Crippen molar-refractivity contribution in [2.45, 2.75) is 27.2 Å². The molecule has 0 radical (unpaired) electrons. The van der Waals surface area contributed by atoms with Crippen LogP contribution in [0.3, 0.4) is 0 Å². The minimum atomic E-state index is 1.06. The molecule has 0 spiro atoms. The van der Waals surface area contributed by atoms with Crippen molar-refractivity contribution in [3.8, 4) is 15.4 Å². The van der Waals surface area contributed by atoms with Crippen molar-refractivity contribution in [3.05, 3.63) is 101 Å².